The number of halogens is 1. The number of phenolic OH excluding ortho intramolecular Hbond substituents is 1. The fourth-order valence-electron chi connectivity index (χ4n) is 6.71. The Hall–Kier alpha value is -3.89. The van der Waals surface area contributed by atoms with Crippen LogP contribution < -0.4 is 4.74 Å². The summed E-state index contributed by atoms with van der Waals surface area (Å²) in [6, 6.07) is 27.2. The maximum absolute atomic E-state index is 14.9. The normalized spacial score (nSPS) is 13.8. The van der Waals surface area contributed by atoms with Gasteiger partial charge in [-0.2, -0.15) is 0 Å². The van der Waals surface area contributed by atoms with E-state index in [0.717, 1.165) is 39.1 Å². The first kappa shape index (κ1) is 30.6. The smallest absolute Gasteiger partial charge is 0.131 e. The summed E-state index contributed by atoms with van der Waals surface area (Å²) in [4.78, 5) is 0. The Labute approximate surface area is 255 Å². The van der Waals surface area contributed by atoms with Crippen LogP contribution in [0.15, 0.2) is 84.9 Å². The third-order valence-electron chi connectivity index (χ3n) is 8.14. The highest BCUT2D eigenvalue weighted by molar-refractivity contribution is 6.14. The van der Waals surface area contributed by atoms with Gasteiger partial charge in [-0.05, 0) is 94.6 Å². The van der Waals surface area contributed by atoms with E-state index in [-0.39, 0.29) is 22.7 Å². The number of ether oxygens (including phenoxy) is 1. The van der Waals surface area contributed by atoms with Gasteiger partial charge in [-0.25, -0.2) is 4.39 Å². The van der Waals surface area contributed by atoms with E-state index in [9.17, 15) is 14.6 Å². The Bertz CT molecular complexity index is 1720. The summed E-state index contributed by atoms with van der Waals surface area (Å²) in [5.74, 6) is 0.126. The molecule has 0 saturated heterocycles. The predicted molar refractivity (Wildman–Crippen MR) is 177 cm³/mol. The molecule has 0 heterocycles. The predicted octanol–water partition coefficient (Wildman–Crippen LogP) is 10.4. The molecule has 5 rings (SSSR count). The highest BCUT2D eigenvalue weighted by Gasteiger charge is 2.30. The van der Waals surface area contributed by atoms with Crippen LogP contribution in [0.3, 0.4) is 0 Å². The molecule has 0 bridgehead atoms. The van der Waals surface area contributed by atoms with Gasteiger partial charge in [0.15, 0.2) is 0 Å². The van der Waals surface area contributed by atoms with Gasteiger partial charge in [-0.15, -0.1) is 0 Å². The van der Waals surface area contributed by atoms with Gasteiger partial charge in [0.1, 0.15) is 17.3 Å². The van der Waals surface area contributed by atoms with Crippen molar-refractivity contribution in [3.63, 3.8) is 0 Å². The summed E-state index contributed by atoms with van der Waals surface area (Å²) < 4.78 is 21.2. The quantitative estimate of drug-likeness (QED) is 0.180. The monoisotopic (exact) mass is 578 g/mol. The third kappa shape index (κ3) is 6.55. The van der Waals surface area contributed by atoms with Crippen molar-refractivity contribution < 1.29 is 19.3 Å². The van der Waals surface area contributed by atoms with E-state index in [1.807, 2.05) is 37.3 Å². The lowest BCUT2D eigenvalue weighted by Gasteiger charge is -2.34. The Kier molecular flexibility index (Phi) is 8.28. The van der Waals surface area contributed by atoms with Crippen LogP contribution in [0.4, 0.5) is 4.39 Å². The number of aliphatic hydroxyl groups excluding tert-OH is 1. The standard InChI is InChI=1S/C39H43FO3/c1-24(41)18-25(2)43-35-17-16-29(40)22-32(35)33-20-28(39(6,7)23-38(3,4)5)21-34(37(33)42)36-30-14-10-8-12-26(30)19-27-13-9-11-15-31(27)36/h8-17,19-22,24-25,41-42H,18,23H2,1-7H3/t24-,25+/m0/s1. The second-order valence-electron chi connectivity index (χ2n) is 13.9. The lowest BCUT2D eigenvalue weighted by atomic mass is 9.71. The van der Waals surface area contributed by atoms with Gasteiger partial charge in [-0.1, -0.05) is 83.1 Å². The molecule has 224 valence electrons. The van der Waals surface area contributed by atoms with E-state index in [1.165, 1.54) is 12.1 Å². The van der Waals surface area contributed by atoms with Crippen LogP contribution in [0.5, 0.6) is 11.5 Å². The van der Waals surface area contributed by atoms with Crippen molar-refractivity contribution in [2.45, 2.75) is 78.9 Å². The molecule has 0 radical (unpaired) electrons. The molecule has 2 atom stereocenters. The van der Waals surface area contributed by atoms with E-state index in [4.69, 9.17) is 4.74 Å². The first-order chi connectivity index (χ1) is 20.2. The van der Waals surface area contributed by atoms with Gasteiger partial charge >= 0.3 is 0 Å². The zero-order valence-electron chi connectivity index (χ0n) is 26.3. The van der Waals surface area contributed by atoms with Crippen LogP contribution in [-0.2, 0) is 5.41 Å². The molecule has 3 nitrogen and oxygen atoms in total. The van der Waals surface area contributed by atoms with Crippen LogP contribution in [0.25, 0.3) is 43.8 Å². The Balaban J connectivity index is 1.85. The second kappa shape index (κ2) is 11.7. The molecule has 2 N–H and O–H groups in total. The molecule has 0 unspecified atom stereocenters. The highest BCUT2D eigenvalue weighted by Crippen LogP contribution is 2.49. The molecule has 0 amide bonds. The molecule has 0 aliphatic carbocycles. The summed E-state index contributed by atoms with van der Waals surface area (Å²) in [5, 5.41) is 26.4. The van der Waals surface area contributed by atoms with Crippen LogP contribution >= 0.6 is 0 Å². The molecule has 0 aliphatic rings. The van der Waals surface area contributed by atoms with Crippen molar-refractivity contribution in [1.29, 1.82) is 0 Å². The molecule has 5 aromatic carbocycles. The molecule has 0 aromatic heterocycles. The fraction of sp³-hybridized carbons (Fsp3) is 0.333. The summed E-state index contributed by atoms with van der Waals surface area (Å²) in [5.41, 5.74) is 3.49. The number of hydrogen-bond acceptors (Lipinski definition) is 3. The van der Waals surface area contributed by atoms with Crippen molar-refractivity contribution in [2.24, 2.45) is 5.41 Å². The topological polar surface area (TPSA) is 49.7 Å². The Morgan fingerprint density at radius 3 is 1.91 bits per heavy atom. The largest absolute Gasteiger partial charge is 0.507 e. The van der Waals surface area contributed by atoms with Gasteiger partial charge < -0.3 is 14.9 Å². The molecule has 0 aliphatic heterocycles. The van der Waals surface area contributed by atoms with E-state index >= 15 is 0 Å². The van der Waals surface area contributed by atoms with Gasteiger partial charge in [-0.3, -0.25) is 0 Å². The molecule has 0 saturated carbocycles. The number of aliphatic hydroxyl groups is 1. The second-order valence-corrected chi connectivity index (χ2v) is 13.9. The zero-order chi connectivity index (χ0) is 31.1. The van der Waals surface area contributed by atoms with Crippen molar-refractivity contribution in [1.82, 2.24) is 0 Å². The number of phenols is 1. The third-order valence-corrected chi connectivity index (χ3v) is 8.14. The van der Waals surface area contributed by atoms with E-state index < -0.39 is 11.9 Å². The van der Waals surface area contributed by atoms with Gasteiger partial charge in [0.2, 0.25) is 0 Å². The highest BCUT2D eigenvalue weighted by atomic mass is 19.1. The molecule has 0 spiro atoms. The minimum Gasteiger partial charge on any atom is -0.507 e. The molecule has 5 aromatic rings. The zero-order valence-corrected chi connectivity index (χ0v) is 26.3. The maximum Gasteiger partial charge on any atom is 0.131 e. The minimum atomic E-state index is -0.542. The van der Waals surface area contributed by atoms with Crippen molar-refractivity contribution in [3.8, 4) is 33.8 Å². The van der Waals surface area contributed by atoms with E-state index in [1.54, 1.807) is 13.0 Å². The number of fused-ring (bicyclic) bond motifs is 2. The molecule has 43 heavy (non-hydrogen) atoms. The van der Waals surface area contributed by atoms with Crippen LogP contribution in [-0.4, -0.2) is 22.4 Å². The minimum absolute atomic E-state index is 0.0530. The number of aromatic hydroxyl groups is 1. The van der Waals surface area contributed by atoms with Crippen molar-refractivity contribution in [2.75, 3.05) is 0 Å². The van der Waals surface area contributed by atoms with E-state index in [2.05, 4.69) is 71.0 Å². The Morgan fingerprint density at radius 1 is 0.744 bits per heavy atom. The molecular weight excluding hydrogens is 535 g/mol. The van der Waals surface area contributed by atoms with Crippen molar-refractivity contribution >= 4 is 21.5 Å². The summed E-state index contributed by atoms with van der Waals surface area (Å²) in [6.07, 6.45) is 0.473. The van der Waals surface area contributed by atoms with Gasteiger partial charge in [0, 0.05) is 28.7 Å². The summed E-state index contributed by atoms with van der Waals surface area (Å²) in [7, 11) is 0. The maximum atomic E-state index is 14.9. The van der Waals surface area contributed by atoms with Crippen molar-refractivity contribution in [3.05, 3.63) is 96.3 Å². The number of benzene rings is 5. The van der Waals surface area contributed by atoms with Gasteiger partial charge in [0.25, 0.3) is 0 Å². The average Bonchev–Trinajstić information content (AvgIpc) is 2.91. The SMILES string of the molecule is C[C@H](O)C[C@@H](C)Oc1ccc(F)cc1-c1cc(C(C)(C)CC(C)(C)C)cc(-c2c3ccccc3cc3ccccc23)c1O. The number of hydrogen-bond donors (Lipinski definition) is 2. The van der Waals surface area contributed by atoms with Crippen LogP contribution in [0.1, 0.15) is 66.9 Å². The van der Waals surface area contributed by atoms with Crippen LogP contribution in [0.2, 0.25) is 0 Å². The first-order valence-corrected chi connectivity index (χ1v) is 15.2. The first-order valence-electron chi connectivity index (χ1n) is 15.2. The molecular formula is C39H43FO3. The summed E-state index contributed by atoms with van der Waals surface area (Å²) in [6.45, 7) is 14.8. The average molecular weight is 579 g/mol. The molecule has 4 heteroatoms. The number of rotatable bonds is 8. The fourth-order valence-corrected chi connectivity index (χ4v) is 6.71. The van der Waals surface area contributed by atoms with E-state index in [0.29, 0.717) is 28.9 Å². The lowest BCUT2D eigenvalue weighted by molar-refractivity contribution is 0.116. The van der Waals surface area contributed by atoms with Crippen LogP contribution in [0, 0.1) is 11.2 Å². The molecule has 0 fully saturated rings. The lowest BCUT2D eigenvalue weighted by Crippen LogP contribution is -2.25. The van der Waals surface area contributed by atoms with Gasteiger partial charge in [0.05, 0.1) is 12.2 Å². The Morgan fingerprint density at radius 2 is 1.33 bits per heavy atom. The summed E-state index contributed by atoms with van der Waals surface area (Å²) >= 11 is 0.